The number of nitrogens with two attached hydrogens (primary N) is 1. The molecule has 1 unspecified atom stereocenters. The number of rotatable bonds is 2. The number of piperidine rings is 1. The number of halogens is 3. The maximum atomic E-state index is 12.7. The van der Waals surface area contributed by atoms with Gasteiger partial charge in [0.05, 0.1) is 13.0 Å². The zero-order valence-corrected chi connectivity index (χ0v) is 10.3. The van der Waals surface area contributed by atoms with Gasteiger partial charge in [-0.1, -0.05) is 0 Å². The molecule has 1 aromatic rings. The molecule has 6 nitrogen and oxygen atoms in total. The number of methoxy groups -OCH3 is 1. The molecule has 0 aliphatic carbocycles. The van der Waals surface area contributed by atoms with Gasteiger partial charge in [-0.15, -0.1) is 0 Å². The Balaban J connectivity index is 2.19. The first-order valence-corrected chi connectivity index (χ1v) is 5.77. The quantitative estimate of drug-likeness (QED) is 0.876. The lowest BCUT2D eigenvalue weighted by molar-refractivity contribution is -0.176. The normalized spacial score (nSPS) is 20.4. The molecule has 0 radical (unpaired) electrons. The van der Waals surface area contributed by atoms with E-state index in [0.717, 1.165) is 0 Å². The van der Waals surface area contributed by atoms with Crippen LogP contribution in [-0.4, -0.2) is 41.3 Å². The summed E-state index contributed by atoms with van der Waals surface area (Å²) in [5, 5.41) is 0. The molecule has 1 fully saturated rings. The third kappa shape index (κ3) is 3.15. The number of nitrogens with zero attached hydrogens (tertiary/aromatic N) is 4. The second-order valence-corrected chi connectivity index (χ2v) is 4.31. The molecule has 2 rings (SSSR count). The summed E-state index contributed by atoms with van der Waals surface area (Å²) in [7, 11) is 1.35. The maximum absolute atomic E-state index is 12.7. The van der Waals surface area contributed by atoms with Gasteiger partial charge in [-0.2, -0.15) is 28.1 Å². The van der Waals surface area contributed by atoms with E-state index in [0.29, 0.717) is 13.0 Å². The zero-order chi connectivity index (χ0) is 14.0. The topological polar surface area (TPSA) is 77.2 Å². The number of anilines is 2. The van der Waals surface area contributed by atoms with Crippen LogP contribution >= 0.6 is 0 Å². The highest BCUT2D eigenvalue weighted by Crippen LogP contribution is 2.34. The predicted octanol–water partition coefficient (Wildman–Crippen LogP) is 1.24. The molecule has 1 saturated heterocycles. The zero-order valence-electron chi connectivity index (χ0n) is 10.3. The first-order chi connectivity index (χ1) is 8.90. The summed E-state index contributed by atoms with van der Waals surface area (Å²) in [5.74, 6) is -1.32. The van der Waals surface area contributed by atoms with Crippen molar-refractivity contribution in [3.63, 3.8) is 0 Å². The Labute approximate surface area is 107 Å². The fourth-order valence-corrected chi connectivity index (χ4v) is 2.02. The Morgan fingerprint density at radius 3 is 2.68 bits per heavy atom. The fourth-order valence-electron chi connectivity index (χ4n) is 2.02. The van der Waals surface area contributed by atoms with Gasteiger partial charge < -0.3 is 15.4 Å². The van der Waals surface area contributed by atoms with Crippen LogP contribution in [0.25, 0.3) is 0 Å². The van der Waals surface area contributed by atoms with E-state index >= 15 is 0 Å². The molecule has 1 aliphatic heterocycles. The van der Waals surface area contributed by atoms with Crippen molar-refractivity contribution in [3.8, 4) is 6.01 Å². The predicted molar refractivity (Wildman–Crippen MR) is 61.8 cm³/mol. The van der Waals surface area contributed by atoms with E-state index in [2.05, 4.69) is 15.0 Å². The lowest BCUT2D eigenvalue weighted by Gasteiger charge is -2.33. The highest BCUT2D eigenvalue weighted by atomic mass is 19.4. The molecule has 0 saturated carbocycles. The molecular weight excluding hydrogens is 263 g/mol. The van der Waals surface area contributed by atoms with Crippen molar-refractivity contribution in [1.82, 2.24) is 15.0 Å². The molecule has 1 aliphatic rings. The fraction of sp³-hybridized carbons (Fsp3) is 0.700. The van der Waals surface area contributed by atoms with Gasteiger partial charge in [0.25, 0.3) is 0 Å². The van der Waals surface area contributed by atoms with Crippen LogP contribution in [0.1, 0.15) is 12.8 Å². The summed E-state index contributed by atoms with van der Waals surface area (Å²) >= 11 is 0. The van der Waals surface area contributed by atoms with Gasteiger partial charge in [0, 0.05) is 13.1 Å². The monoisotopic (exact) mass is 277 g/mol. The molecule has 1 atom stereocenters. The first-order valence-electron chi connectivity index (χ1n) is 5.77. The highest BCUT2D eigenvalue weighted by Gasteiger charge is 2.42. The minimum absolute atomic E-state index is 0.00312. The van der Waals surface area contributed by atoms with E-state index in [1.807, 2.05) is 0 Å². The molecular formula is C10H14F3N5O. The number of hydrogen-bond acceptors (Lipinski definition) is 6. The Bertz CT molecular complexity index is 453. The van der Waals surface area contributed by atoms with Crippen LogP contribution in [0.15, 0.2) is 0 Å². The van der Waals surface area contributed by atoms with Crippen molar-refractivity contribution in [3.05, 3.63) is 0 Å². The standard InChI is InChI=1S/C10H14F3N5O/c1-19-9-16-7(14)15-8(17-9)18-4-2-3-6(5-18)10(11,12)13/h6H,2-5H2,1H3,(H2,14,15,16,17). The largest absolute Gasteiger partial charge is 0.467 e. The van der Waals surface area contributed by atoms with E-state index in [4.69, 9.17) is 10.5 Å². The van der Waals surface area contributed by atoms with Crippen molar-refractivity contribution in [2.24, 2.45) is 5.92 Å². The summed E-state index contributed by atoms with van der Waals surface area (Å²) in [4.78, 5) is 12.9. The molecule has 0 amide bonds. The average molecular weight is 277 g/mol. The van der Waals surface area contributed by atoms with E-state index in [9.17, 15) is 13.2 Å². The number of ether oxygens (including phenoxy) is 1. The maximum Gasteiger partial charge on any atom is 0.393 e. The summed E-state index contributed by atoms with van der Waals surface area (Å²) in [5.41, 5.74) is 5.47. The molecule has 0 aromatic carbocycles. The second kappa shape index (κ2) is 5.06. The van der Waals surface area contributed by atoms with Crippen LogP contribution in [0, 0.1) is 5.92 Å². The van der Waals surface area contributed by atoms with Crippen molar-refractivity contribution in [2.75, 3.05) is 30.8 Å². The minimum Gasteiger partial charge on any atom is -0.467 e. The summed E-state index contributed by atoms with van der Waals surface area (Å²) < 4.78 is 43.0. The van der Waals surface area contributed by atoms with Crippen LogP contribution < -0.4 is 15.4 Å². The van der Waals surface area contributed by atoms with E-state index in [1.165, 1.54) is 12.0 Å². The molecule has 0 spiro atoms. The lowest BCUT2D eigenvalue weighted by Crippen LogP contribution is -2.42. The van der Waals surface area contributed by atoms with Crippen LogP contribution in [0.4, 0.5) is 25.1 Å². The van der Waals surface area contributed by atoms with Crippen LogP contribution in [0.3, 0.4) is 0 Å². The minimum atomic E-state index is -4.21. The third-order valence-corrected chi connectivity index (χ3v) is 2.97. The molecule has 0 bridgehead atoms. The summed E-state index contributed by atoms with van der Waals surface area (Å²) in [6.07, 6.45) is -3.66. The van der Waals surface area contributed by atoms with Crippen molar-refractivity contribution in [1.29, 1.82) is 0 Å². The van der Waals surface area contributed by atoms with Crippen LogP contribution in [0.2, 0.25) is 0 Å². The Hall–Kier alpha value is -1.80. The lowest BCUT2D eigenvalue weighted by atomic mass is 9.98. The average Bonchev–Trinajstić information content (AvgIpc) is 2.37. The van der Waals surface area contributed by atoms with Crippen molar-refractivity contribution >= 4 is 11.9 Å². The van der Waals surface area contributed by atoms with Gasteiger partial charge in [-0.25, -0.2) is 0 Å². The Morgan fingerprint density at radius 1 is 1.32 bits per heavy atom. The van der Waals surface area contributed by atoms with Gasteiger partial charge in [0.1, 0.15) is 0 Å². The number of alkyl halides is 3. The van der Waals surface area contributed by atoms with Gasteiger partial charge in [0.2, 0.25) is 11.9 Å². The van der Waals surface area contributed by atoms with Crippen LogP contribution in [-0.2, 0) is 0 Å². The van der Waals surface area contributed by atoms with Gasteiger partial charge in [0.15, 0.2) is 0 Å². The highest BCUT2D eigenvalue weighted by molar-refractivity contribution is 5.36. The van der Waals surface area contributed by atoms with Crippen molar-refractivity contribution in [2.45, 2.75) is 19.0 Å². The van der Waals surface area contributed by atoms with Crippen molar-refractivity contribution < 1.29 is 17.9 Å². The second-order valence-electron chi connectivity index (χ2n) is 4.31. The number of nitrogen functional groups attached to an aromatic ring is 1. The molecule has 1 aromatic heterocycles. The smallest absolute Gasteiger partial charge is 0.393 e. The van der Waals surface area contributed by atoms with Gasteiger partial charge in [-0.3, -0.25) is 0 Å². The molecule has 2 N–H and O–H groups in total. The number of hydrogen-bond donors (Lipinski definition) is 1. The van der Waals surface area contributed by atoms with E-state index in [-0.39, 0.29) is 30.9 Å². The van der Waals surface area contributed by atoms with Crippen LogP contribution in [0.5, 0.6) is 6.01 Å². The van der Waals surface area contributed by atoms with Gasteiger partial charge >= 0.3 is 12.2 Å². The van der Waals surface area contributed by atoms with E-state index in [1.54, 1.807) is 0 Å². The first kappa shape index (κ1) is 13.6. The Morgan fingerprint density at radius 2 is 2.05 bits per heavy atom. The number of aromatic nitrogens is 3. The third-order valence-electron chi connectivity index (χ3n) is 2.97. The Kier molecular flexibility index (Phi) is 3.63. The molecule has 106 valence electrons. The van der Waals surface area contributed by atoms with Gasteiger partial charge in [-0.05, 0) is 12.8 Å². The molecule has 2 heterocycles. The van der Waals surface area contributed by atoms with E-state index < -0.39 is 12.1 Å². The molecule has 19 heavy (non-hydrogen) atoms. The summed E-state index contributed by atoms with van der Waals surface area (Å²) in [6.45, 7) is 0.287. The SMILES string of the molecule is COc1nc(N)nc(N2CCCC(C(F)(F)F)C2)n1. The molecule has 9 heteroatoms. The summed E-state index contributed by atoms with van der Waals surface area (Å²) in [6, 6.07) is -0.00312.